The zero-order valence-corrected chi connectivity index (χ0v) is 17.4. The molecule has 1 aliphatic rings. The number of amides is 1. The van der Waals surface area contributed by atoms with Gasteiger partial charge in [0.05, 0.1) is 5.92 Å². The van der Waals surface area contributed by atoms with E-state index in [1.807, 2.05) is 18.2 Å². The summed E-state index contributed by atoms with van der Waals surface area (Å²) >= 11 is 0. The minimum absolute atomic E-state index is 0.0458. The Labute approximate surface area is 179 Å². The molecular formula is C27H30N2O. The average Bonchev–Trinajstić information content (AvgIpc) is 2.81. The number of nitrogens with zero attached hydrogens (tertiary/aromatic N) is 1. The van der Waals surface area contributed by atoms with Gasteiger partial charge in [0.15, 0.2) is 0 Å². The van der Waals surface area contributed by atoms with Gasteiger partial charge in [-0.05, 0) is 36.0 Å². The number of benzene rings is 3. The van der Waals surface area contributed by atoms with Crippen molar-refractivity contribution in [1.82, 2.24) is 10.2 Å². The van der Waals surface area contributed by atoms with Gasteiger partial charge in [-0.3, -0.25) is 9.69 Å². The lowest BCUT2D eigenvalue weighted by Crippen LogP contribution is -2.44. The van der Waals surface area contributed by atoms with Crippen molar-refractivity contribution in [2.24, 2.45) is 5.92 Å². The molecule has 1 aliphatic heterocycles. The summed E-state index contributed by atoms with van der Waals surface area (Å²) < 4.78 is 0. The van der Waals surface area contributed by atoms with Crippen LogP contribution in [-0.4, -0.2) is 23.9 Å². The highest BCUT2D eigenvalue weighted by molar-refractivity contribution is 5.79. The zero-order chi connectivity index (χ0) is 20.6. The first kappa shape index (κ1) is 20.4. The number of nitrogens with one attached hydrogen (secondary N) is 1. The van der Waals surface area contributed by atoms with Crippen molar-refractivity contribution in [2.45, 2.75) is 31.8 Å². The topological polar surface area (TPSA) is 32.3 Å². The van der Waals surface area contributed by atoms with Crippen LogP contribution in [0.25, 0.3) is 0 Å². The van der Waals surface area contributed by atoms with E-state index in [2.05, 4.69) is 83.0 Å². The van der Waals surface area contributed by atoms with Gasteiger partial charge in [0.2, 0.25) is 5.91 Å². The molecule has 4 rings (SSSR count). The van der Waals surface area contributed by atoms with Gasteiger partial charge in [0.25, 0.3) is 0 Å². The Morgan fingerprint density at radius 1 is 0.800 bits per heavy atom. The summed E-state index contributed by atoms with van der Waals surface area (Å²) in [5.41, 5.74) is 3.90. The van der Waals surface area contributed by atoms with E-state index in [9.17, 15) is 4.79 Å². The van der Waals surface area contributed by atoms with Crippen molar-refractivity contribution in [3.8, 4) is 0 Å². The summed E-state index contributed by atoms with van der Waals surface area (Å²) in [6.07, 6.45) is 2.81. The molecule has 3 aromatic carbocycles. The van der Waals surface area contributed by atoms with Crippen LogP contribution in [0.15, 0.2) is 91.0 Å². The molecule has 0 spiro atoms. The Morgan fingerprint density at radius 2 is 1.40 bits per heavy atom. The van der Waals surface area contributed by atoms with Gasteiger partial charge in [-0.25, -0.2) is 0 Å². The monoisotopic (exact) mass is 398 g/mol. The van der Waals surface area contributed by atoms with Crippen LogP contribution < -0.4 is 5.32 Å². The standard InChI is InChI=1S/C27H30N2O/c30-27(28-19-18-22-10-4-1-5-11-22)25-16-17-26(24-14-8-3-9-15-24)29(21-25)20-23-12-6-2-7-13-23/h1-15,25-26H,16-21H2,(H,28,30). The van der Waals surface area contributed by atoms with Gasteiger partial charge in [-0.15, -0.1) is 0 Å². The molecule has 0 saturated carbocycles. The second kappa shape index (κ2) is 10.2. The van der Waals surface area contributed by atoms with Crippen molar-refractivity contribution in [3.63, 3.8) is 0 Å². The third-order valence-electron chi connectivity index (χ3n) is 6.02. The largest absolute Gasteiger partial charge is 0.355 e. The fourth-order valence-corrected chi connectivity index (χ4v) is 4.42. The smallest absolute Gasteiger partial charge is 0.224 e. The van der Waals surface area contributed by atoms with Crippen LogP contribution in [0.2, 0.25) is 0 Å². The first-order chi connectivity index (χ1) is 14.8. The maximum absolute atomic E-state index is 12.9. The first-order valence-electron chi connectivity index (χ1n) is 10.9. The van der Waals surface area contributed by atoms with E-state index in [-0.39, 0.29) is 11.8 Å². The zero-order valence-electron chi connectivity index (χ0n) is 17.4. The van der Waals surface area contributed by atoms with Gasteiger partial charge >= 0.3 is 0 Å². The maximum atomic E-state index is 12.9. The van der Waals surface area contributed by atoms with Crippen molar-refractivity contribution < 1.29 is 4.79 Å². The molecule has 3 aromatic rings. The molecule has 0 aliphatic carbocycles. The molecule has 1 fully saturated rings. The van der Waals surface area contributed by atoms with Crippen LogP contribution in [0.5, 0.6) is 0 Å². The summed E-state index contributed by atoms with van der Waals surface area (Å²) in [4.78, 5) is 15.4. The second-order valence-electron chi connectivity index (χ2n) is 8.14. The molecule has 1 heterocycles. The number of carbonyl (C=O) groups is 1. The van der Waals surface area contributed by atoms with Gasteiger partial charge in [-0.1, -0.05) is 91.0 Å². The fraction of sp³-hybridized carbons (Fsp3) is 0.296. The highest BCUT2D eigenvalue weighted by Crippen LogP contribution is 2.34. The molecule has 1 N–H and O–H groups in total. The predicted octanol–water partition coefficient (Wildman–Crippen LogP) is 5.00. The van der Waals surface area contributed by atoms with Crippen LogP contribution in [0, 0.1) is 5.92 Å². The molecular weight excluding hydrogens is 368 g/mol. The molecule has 3 heteroatoms. The van der Waals surface area contributed by atoms with Crippen molar-refractivity contribution in [2.75, 3.05) is 13.1 Å². The average molecular weight is 399 g/mol. The lowest BCUT2D eigenvalue weighted by molar-refractivity contribution is -0.127. The van der Waals surface area contributed by atoms with Crippen LogP contribution in [-0.2, 0) is 17.8 Å². The third-order valence-corrected chi connectivity index (χ3v) is 6.02. The molecule has 2 unspecified atom stereocenters. The molecule has 154 valence electrons. The van der Waals surface area contributed by atoms with Gasteiger partial charge in [0, 0.05) is 25.7 Å². The minimum atomic E-state index is 0.0458. The van der Waals surface area contributed by atoms with E-state index in [0.29, 0.717) is 12.6 Å². The van der Waals surface area contributed by atoms with Gasteiger partial charge in [-0.2, -0.15) is 0 Å². The van der Waals surface area contributed by atoms with E-state index in [4.69, 9.17) is 0 Å². The van der Waals surface area contributed by atoms with Crippen molar-refractivity contribution in [3.05, 3.63) is 108 Å². The maximum Gasteiger partial charge on any atom is 0.224 e. The van der Waals surface area contributed by atoms with E-state index in [1.54, 1.807) is 0 Å². The Kier molecular flexibility index (Phi) is 6.94. The highest BCUT2D eigenvalue weighted by Gasteiger charge is 2.32. The predicted molar refractivity (Wildman–Crippen MR) is 122 cm³/mol. The van der Waals surface area contributed by atoms with E-state index in [1.165, 1.54) is 16.7 Å². The fourth-order valence-electron chi connectivity index (χ4n) is 4.42. The van der Waals surface area contributed by atoms with Crippen LogP contribution in [0.1, 0.15) is 35.6 Å². The quantitative estimate of drug-likeness (QED) is 0.607. The minimum Gasteiger partial charge on any atom is -0.355 e. The Balaban J connectivity index is 1.40. The van der Waals surface area contributed by atoms with Crippen LogP contribution >= 0.6 is 0 Å². The lowest BCUT2D eigenvalue weighted by Gasteiger charge is -2.39. The molecule has 0 bridgehead atoms. The van der Waals surface area contributed by atoms with E-state index >= 15 is 0 Å². The number of hydrogen-bond acceptors (Lipinski definition) is 2. The van der Waals surface area contributed by atoms with E-state index < -0.39 is 0 Å². The third kappa shape index (κ3) is 5.37. The summed E-state index contributed by atoms with van der Waals surface area (Å²) in [5.74, 6) is 0.236. The molecule has 0 aromatic heterocycles. The SMILES string of the molecule is O=C(NCCc1ccccc1)C1CCC(c2ccccc2)N(Cc2ccccc2)C1. The van der Waals surface area contributed by atoms with Crippen LogP contribution in [0.4, 0.5) is 0 Å². The van der Waals surface area contributed by atoms with Gasteiger partial charge in [0.1, 0.15) is 0 Å². The summed E-state index contributed by atoms with van der Waals surface area (Å²) in [7, 11) is 0. The highest BCUT2D eigenvalue weighted by atomic mass is 16.1. The van der Waals surface area contributed by atoms with Crippen molar-refractivity contribution in [1.29, 1.82) is 0 Å². The summed E-state index contributed by atoms with van der Waals surface area (Å²) in [5, 5.41) is 3.17. The molecule has 30 heavy (non-hydrogen) atoms. The number of piperidine rings is 1. The summed E-state index contributed by atoms with van der Waals surface area (Å²) in [6.45, 7) is 2.36. The normalized spacial score (nSPS) is 19.3. The Hall–Kier alpha value is -2.91. The Morgan fingerprint density at radius 3 is 2.07 bits per heavy atom. The van der Waals surface area contributed by atoms with Gasteiger partial charge < -0.3 is 5.32 Å². The number of rotatable bonds is 7. The number of hydrogen-bond donors (Lipinski definition) is 1. The lowest BCUT2D eigenvalue weighted by atomic mass is 9.88. The number of carbonyl (C=O) groups excluding carboxylic acids is 1. The molecule has 3 nitrogen and oxygen atoms in total. The second-order valence-corrected chi connectivity index (χ2v) is 8.14. The van der Waals surface area contributed by atoms with Crippen molar-refractivity contribution >= 4 is 5.91 Å². The molecule has 2 atom stereocenters. The first-order valence-corrected chi connectivity index (χ1v) is 10.9. The molecule has 0 radical (unpaired) electrons. The molecule has 1 saturated heterocycles. The number of likely N-dealkylation sites (tertiary alicyclic amines) is 1. The summed E-state index contributed by atoms with van der Waals surface area (Å²) in [6, 6.07) is 32.0. The van der Waals surface area contributed by atoms with Crippen LogP contribution in [0.3, 0.4) is 0 Å². The van der Waals surface area contributed by atoms with E-state index in [0.717, 1.165) is 32.4 Å². The molecule has 1 amide bonds. The Bertz CT molecular complexity index is 911.